The number of phenolic OH excluding ortho intramolecular Hbond substituents is 2. The first-order valence-corrected chi connectivity index (χ1v) is 33.8. The van der Waals surface area contributed by atoms with Gasteiger partial charge in [0, 0.05) is 117 Å². The lowest BCUT2D eigenvalue weighted by Gasteiger charge is -2.36. The summed E-state index contributed by atoms with van der Waals surface area (Å²) in [7, 11) is -10.5. The molecule has 0 radical (unpaired) electrons. The number of piperazine rings is 1. The van der Waals surface area contributed by atoms with Crippen LogP contribution in [0.25, 0.3) is 33.3 Å². The fourth-order valence-electron chi connectivity index (χ4n) is 11.8. The number of phenols is 2. The minimum atomic E-state index is -5.27. The molecule has 6 aliphatic rings. The molecule has 502 valence electrons. The van der Waals surface area contributed by atoms with Crippen LogP contribution in [0.1, 0.15) is 121 Å². The van der Waals surface area contributed by atoms with Crippen LogP contribution in [0.5, 0.6) is 17.2 Å². The van der Waals surface area contributed by atoms with Crippen molar-refractivity contribution in [1.82, 2.24) is 9.88 Å². The molecule has 0 unspecified atom stereocenters. The maximum Gasteiger partial charge on any atom is 0.345 e. The number of fused-ring (bicyclic) bond motifs is 14. The molecule has 5 bridgehead atoms. The predicted molar refractivity (Wildman–Crippen MR) is 341 cm³/mol. The Hall–Kier alpha value is -8.00. The van der Waals surface area contributed by atoms with Crippen LogP contribution >= 0.6 is 15.2 Å². The number of aliphatic hydroxyl groups is 1. The lowest BCUT2D eigenvalue weighted by atomic mass is 9.81. The van der Waals surface area contributed by atoms with E-state index in [0.717, 1.165) is 31.8 Å². The van der Waals surface area contributed by atoms with Crippen molar-refractivity contribution in [1.29, 1.82) is 0 Å². The summed E-state index contributed by atoms with van der Waals surface area (Å²) in [4.78, 5) is 143. The van der Waals surface area contributed by atoms with Crippen LogP contribution in [0.2, 0.25) is 0 Å². The Labute approximate surface area is 535 Å². The Morgan fingerprint density at radius 1 is 0.892 bits per heavy atom. The predicted octanol–water partition coefficient (Wildman–Crippen LogP) is 8.21. The summed E-state index contributed by atoms with van der Waals surface area (Å²) >= 11 is 0. The van der Waals surface area contributed by atoms with E-state index in [1.54, 1.807) is 45.1 Å². The summed E-state index contributed by atoms with van der Waals surface area (Å²) in [5.74, 6) is -9.74. The molecule has 0 spiro atoms. The fourth-order valence-corrected chi connectivity index (χ4v) is 14.5. The number of carbonyl (C=O) groups is 6. The highest BCUT2D eigenvalue weighted by atomic mass is 31.2. The van der Waals surface area contributed by atoms with Gasteiger partial charge in [-0.1, -0.05) is 65.0 Å². The summed E-state index contributed by atoms with van der Waals surface area (Å²) in [5, 5.41) is 37.9. The molecular formula is C64H79N5O22P2. The first-order valence-electron chi connectivity index (χ1n) is 30.4. The van der Waals surface area contributed by atoms with Gasteiger partial charge < -0.3 is 78.5 Å². The Morgan fingerprint density at radius 2 is 1.57 bits per heavy atom. The van der Waals surface area contributed by atoms with E-state index in [-0.39, 0.29) is 106 Å². The molecule has 0 aromatic heterocycles. The molecule has 3 aromatic carbocycles. The summed E-state index contributed by atoms with van der Waals surface area (Å²) in [6.07, 6.45) is 3.23. The van der Waals surface area contributed by atoms with E-state index in [1.165, 1.54) is 58.2 Å². The third-order valence-corrected chi connectivity index (χ3v) is 20.4. The molecule has 27 nitrogen and oxygen atoms in total. The number of nitrogens with zero attached hydrogens (tertiary/aromatic N) is 3. The molecular weight excluding hydrogens is 1250 g/mol. The quantitative estimate of drug-likeness (QED) is 0.0112. The van der Waals surface area contributed by atoms with E-state index in [1.807, 2.05) is 0 Å². The third kappa shape index (κ3) is 16.3. The number of allylic oxidation sites excluding steroid dienone is 3. The van der Waals surface area contributed by atoms with Crippen LogP contribution in [0, 0.1) is 30.6 Å². The Morgan fingerprint density at radius 3 is 2.22 bits per heavy atom. The van der Waals surface area contributed by atoms with Crippen molar-refractivity contribution in [3.05, 3.63) is 99.5 Å². The number of benzene rings is 4. The van der Waals surface area contributed by atoms with E-state index in [0.29, 0.717) is 24.7 Å². The lowest BCUT2D eigenvalue weighted by molar-refractivity contribution is -0.162. The second-order valence-corrected chi connectivity index (χ2v) is 28.2. The Balaban J connectivity index is 1.05. The molecule has 1 saturated heterocycles. The topological polar surface area (TPSA) is 398 Å². The number of aromatic hydroxyl groups is 2. The van der Waals surface area contributed by atoms with Crippen LogP contribution in [-0.2, 0) is 52.1 Å². The smallest absolute Gasteiger partial charge is 0.345 e. The molecule has 0 saturated carbocycles. The standard InChI is InChI=1S/C64H79N5O22P2/c1-33(2)32-68-24-26-69(27-25-68)42-30-43(71)52-45(31-42)89-60-53(66-52)49-50-56(76)38(7)59-51(49)61(78)64(9,91-59)87-29-11-10-16-44(88-39(8)70)36(5)55(75)37(6)58(34(3)14-12-15-35(4)62(79)67-54(60)57(50)77)90-48(74)17-13-28-86-47(73)23-22-46(72)65-41-20-18-40(19-21-41)63(92(80,81)82)93(83,84)85/h11-12,14-15,18-21,29-31,33-34,36-37,44,55,58,63,71,75-76H,10,13,16-17,22-28,32H2,1-9H3,(H,65,72)(H,67,79)(H2,80,81,82)(H2,83,84,85)/b14-12+,29-11+,35-15-/t34-,36-,37-,44+,55-,58-,64-/m0/s1. The number of anilines is 3. The van der Waals surface area contributed by atoms with Crippen LogP contribution in [0.3, 0.4) is 0 Å². The monoisotopic (exact) mass is 1330 g/mol. The van der Waals surface area contributed by atoms with Crippen molar-refractivity contribution < 1.29 is 101 Å². The van der Waals surface area contributed by atoms with Gasteiger partial charge in [0.05, 0.1) is 36.3 Å². The van der Waals surface area contributed by atoms with Gasteiger partial charge in [-0.15, -0.1) is 0 Å². The number of amides is 2. The van der Waals surface area contributed by atoms with Crippen LogP contribution in [0.4, 0.5) is 17.1 Å². The molecule has 9 rings (SSSR count). The first-order chi connectivity index (χ1) is 43.7. The minimum Gasteiger partial charge on any atom is -0.507 e. The maximum absolute atomic E-state index is 15.1. The number of aliphatic hydroxyl groups excluding tert-OH is 1. The molecule has 7 atom stereocenters. The maximum atomic E-state index is 15.1. The molecule has 93 heavy (non-hydrogen) atoms. The molecule has 5 heterocycles. The van der Waals surface area contributed by atoms with Gasteiger partial charge in [-0.3, -0.25) is 47.6 Å². The zero-order chi connectivity index (χ0) is 68.2. The molecule has 3 aromatic rings. The number of hydrogen-bond acceptors (Lipinski definition) is 21. The number of esters is 3. The largest absolute Gasteiger partial charge is 0.507 e. The average molecular weight is 1330 g/mol. The van der Waals surface area contributed by atoms with Crippen molar-refractivity contribution >= 4 is 89.6 Å². The molecule has 5 aliphatic heterocycles. The number of Topliss-reactive ketones (excluding diaryl/α,β-unsaturated/α-hetero) is 1. The third-order valence-electron chi connectivity index (χ3n) is 16.7. The summed E-state index contributed by atoms with van der Waals surface area (Å²) < 4.78 is 59.5. The Kier molecular flexibility index (Phi) is 22.2. The van der Waals surface area contributed by atoms with E-state index >= 15 is 4.79 Å². The number of ketones is 1. The molecule has 2 amide bonds. The molecule has 1 fully saturated rings. The summed E-state index contributed by atoms with van der Waals surface area (Å²) in [6, 6.07) is 7.64. The zero-order valence-corrected chi connectivity index (χ0v) is 54.7. The van der Waals surface area contributed by atoms with Crippen molar-refractivity contribution in [2.75, 3.05) is 54.9 Å². The highest BCUT2D eigenvalue weighted by Gasteiger charge is 2.50. The summed E-state index contributed by atoms with van der Waals surface area (Å²) in [5.41, 5.74) is -1.42. The average Bonchev–Trinajstić information content (AvgIpc) is 1.65. The molecule has 29 heteroatoms. The van der Waals surface area contributed by atoms with Crippen LogP contribution in [0.15, 0.2) is 81.7 Å². The summed E-state index contributed by atoms with van der Waals surface area (Å²) in [6.45, 7) is 18.2. The second kappa shape index (κ2) is 29.1. The van der Waals surface area contributed by atoms with Gasteiger partial charge in [0.1, 0.15) is 46.4 Å². The van der Waals surface area contributed by atoms with Crippen molar-refractivity contribution in [3.63, 3.8) is 0 Å². The normalized spacial score (nSPS) is 23.3. The second-order valence-electron chi connectivity index (χ2n) is 24.4. The minimum absolute atomic E-state index is 0.00793. The van der Waals surface area contributed by atoms with Gasteiger partial charge in [0.15, 0.2) is 16.7 Å². The van der Waals surface area contributed by atoms with Gasteiger partial charge in [0.2, 0.25) is 11.3 Å². The van der Waals surface area contributed by atoms with Gasteiger partial charge in [-0.25, -0.2) is 4.98 Å². The molecule has 1 aliphatic carbocycles. The van der Waals surface area contributed by atoms with E-state index in [2.05, 4.69) is 34.3 Å². The van der Waals surface area contributed by atoms with Gasteiger partial charge in [0.25, 0.3) is 11.7 Å². The number of nitrogens with one attached hydrogen (secondary N) is 2. The van der Waals surface area contributed by atoms with Crippen LogP contribution in [-0.4, -0.2) is 144 Å². The number of ether oxygens (including phenoxy) is 5. The van der Waals surface area contributed by atoms with Crippen molar-refractivity contribution in [2.45, 2.75) is 130 Å². The molecule has 9 N–H and O–H groups in total. The SMILES string of the molecule is CC(=O)O[C@@H]1CC/C=C/O[C@@]2(C)Oc3c(C)c(O)c4c(=O)c(c5oc6cc(N7CCN(CC(C)C)CC7)cc(O)c6nc-5c4c3C2=O)NC(=O)/C(C)=C\C=C\[C@H](C)[C@H](OC(=O)CCCOC(=O)CCC(=O)Nc2ccc(C(P(=O)(O)O)P(=O)(O)O)cc2)[C@@H](C)[C@@H](O)[C@H]1C. The van der Waals surface area contributed by atoms with Gasteiger partial charge in [-0.05, 0) is 62.8 Å². The highest BCUT2D eigenvalue weighted by molar-refractivity contribution is 7.70. The zero-order valence-electron chi connectivity index (χ0n) is 52.9. The van der Waals surface area contributed by atoms with Crippen LogP contribution < -0.4 is 25.7 Å². The number of carbonyl (C=O) groups excluding carboxylic acids is 6. The Bertz CT molecular complexity index is 3900. The van der Waals surface area contributed by atoms with E-state index in [4.69, 9.17) is 33.1 Å². The number of rotatable bonds is 16. The van der Waals surface area contributed by atoms with E-state index < -0.39 is 127 Å². The lowest BCUT2D eigenvalue weighted by Crippen LogP contribution is -2.47. The first kappa shape index (κ1) is 70.9. The fraction of sp³-hybridized carbons (Fsp3) is 0.469. The van der Waals surface area contributed by atoms with Gasteiger partial charge >= 0.3 is 38.9 Å². The highest BCUT2D eigenvalue weighted by Crippen LogP contribution is 2.70. The van der Waals surface area contributed by atoms with Crippen molar-refractivity contribution in [3.8, 4) is 28.7 Å². The number of hydrogen-bond donors (Lipinski definition) is 9. The van der Waals surface area contributed by atoms with Gasteiger partial charge in [-0.2, -0.15) is 0 Å². The van der Waals surface area contributed by atoms with Crippen molar-refractivity contribution in [2.24, 2.45) is 23.7 Å². The van der Waals surface area contributed by atoms with E-state index in [9.17, 15) is 72.8 Å². The number of aromatic nitrogens is 1.